The molecule has 0 saturated carbocycles. The fourth-order valence-corrected chi connectivity index (χ4v) is 5.40. The van der Waals surface area contributed by atoms with Gasteiger partial charge < -0.3 is 14.4 Å². The van der Waals surface area contributed by atoms with Gasteiger partial charge in [0.15, 0.2) is 5.78 Å². The molecule has 6 nitrogen and oxygen atoms in total. The predicted molar refractivity (Wildman–Crippen MR) is 130 cm³/mol. The largest absolute Gasteiger partial charge is 0.513 e. The van der Waals surface area contributed by atoms with Gasteiger partial charge in [-0.3, -0.25) is 9.59 Å². The lowest BCUT2D eigenvalue weighted by atomic mass is 9.66. The topological polar surface area (TPSA) is 72.9 Å². The minimum absolute atomic E-state index is 0.0248. The van der Waals surface area contributed by atoms with Gasteiger partial charge in [0.05, 0.1) is 12.7 Å². The molecule has 184 valence electrons. The van der Waals surface area contributed by atoms with Crippen molar-refractivity contribution in [2.45, 2.75) is 46.5 Å². The van der Waals surface area contributed by atoms with Crippen molar-refractivity contribution < 1.29 is 28.2 Å². The summed E-state index contributed by atoms with van der Waals surface area (Å²) in [5.41, 5.74) is 4.31. The van der Waals surface area contributed by atoms with Crippen molar-refractivity contribution in [3.05, 3.63) is 64.7 Å². The second-order valence-corrected chi connectivity index (χ2v) is 9.63. The molecule has 1 spiro atoms. The maximum absolute atomic E-state index is 13.6. The van der Waals surface area contributed by atoms with Gasteiger partial charge in [0.2, 0.25) is 5.91 Å². The first-order valence-electron chi connectivity index (χ1n) is 11.8. The maximum atomic E-state index is 13.6. The number of nitrogens with zero attached hydrogens (tertiary/aromatic N) is 1. The molecule has 0 unspecified atom stereocenters. The molecule has 0 N–H and O–H groups in total. The molecule has 1 saturated heterocycles. The SMILES string of the molecule is COC(=O)OC1=C(c2c(C)cc(-c3ccc(F)cc3)cc2C)C(=O)CC2(CCN(C(C)=O)CC2)C1. The summed E-state index contributed by atoms with van der Waals surface area (Å²) in [5.74, 6) is -0.0292. The van der Waals surface area contributed by atoms with E-state index in [0.717, 1.165) is 27.8 Å². The second-order valence-electron chi connectivity index (χ2n) is 9.63. The quantitative estimate of drug-likeness (QED) is 0.536. The van der Waals surface area contributed by atoms with Crippen LogP contribution < -0.4 is 0 Å². The number of piperidine rings is 1. The standard InChI is InChI=1S/C28H30FNO5/c1-17-13-21(20-5-7-22(29)8-6-20)14-18(2)25(17)26-23(32)15-28(16-24(26)35-27(33)34-4)9-11-30(12-10-28)19(3)31/h5-8,13-14H,9-12,15-16H2,1-4H3. The number of hydrogen-bond acceptors (Lipinski definition) is 5. The number of Topliss-reactive ketones (excluding diaryl/α,β-unsaturated/α-hetero) is 1. The molecule has 1 fully saturated rings. The number of carbonyl (C=O) groups is 3. The van der Waals surface area contributed by atoms with E-state index in [2.05, 4.69) is 0 Å². The molecular formula is C28H30FNO5. The summed E-state index contributed by atoms with van der Waals surface area (Å²) in [6, 6.07) is 10.2. The summed E-state index contributed by atoms with van der Waals surface area (Å²) in [5, 5.41) is 0. The first-order chi connectivity index (χ1) is 16.6. The predicted octanol–water partition coefficient (Wildman–Crippen LogP) is 5.60. The normalized spacial score (nSPS) is 17.5. The molecule has 0 bridgehead atoms. The Balaban J connectivity index is 1.75. The molecule has 2 aromatic rings. The first-order valence-corrected chi connectivity index (χ1v) is 11.8. The molecule has 4 rings (SSSR count). The summed E-state index contributed by atoms with van der Waals surface area (Å²) in [4.78, 5) is 39.4. The highest BCUT2D eigenvalue weighted by Gasteiger charge is 2.44. The van der Waals surface area contributed by atoms with E-state index in [4.69, 9.17) is 9.47 Å². The van der Waals surface area contributed by atoms with Crippen molar-refractivity contribution >= 4 is 23.4 Å². The number of rotatable bonds is 3. The zero-order valence-electron chi connectivity index (χ0n) is 20.6. The third-order valence-corrected chi connectivity index (χ3v) is 7.23. The lowest BCUT2D eigenvalue weighted by Crippen LogP contribution is -2.45. The number of ketones is 1. The van der Waals surface area contributed by atoms with Crippen molar-refractivity contribution in [3.8, 4) is 11.1 Å². The molecular weight excluding hydrogens is 449 g/mol. The fraction of sp³-hybridized carbons (Fsp3) is 0.393. The van der Waals surface area contributed by atoms with Crippen molar-refractivity contribution in [2.24, 2.45) is 5.41 Å². The van der Waals surface area contributed by atoms with Gasteiger partial charge in [0.1, 0.15) is 11.6 Å². The van der Waals surface area contributed by atoms with Crippen LogP contribution in [0.3, 0.4) is 0 Å². The van der Waals surface area contributed by atoms with Crippen molar-refractivity contribution in [2.75, 3.05) is 20.2 Å². The molecule has 0 aromatic heterocycles. The van der Waals surface area contributed by atoms with Gasteiger partial charge in [-0.1, -0.05) is 24.3 Å². The Kier molecular flexibility index (Phi) is 6.79. The fourth-order valence-electron chi connectivity index (χ4n) is 5.40. The van der Waals surface area contributed by atoms with E-state index in [1.807, 2.05) is 26.0 Å². The number of methoxy groups -OCH3 is 1. The van der Waals surface area contributed by atoms with Crippen LogP contribution in [0, 0.1) is 25.1 Å². The Morgan fingerprint density at radius 2 is 1.57 bits per heavy atom. The van der Waals surface area contributed by atoms with E-state index in [9.17, 15) is 18.8 Å². The summed E-state index contributed by atoms with van der Waals surface area (Å²) in [6.45, 7) is 6.54. The zero-order valence-corrected chi connectivity index (χ0v) is 20.6. The first kappa shape index (κ1) is 24.6. The van der Waals surface area contributed by atoms with Crippen LogP contribution in [-0.2, 0) is 19.1 Å². The van der Waals surface area contributed by atoms with Crippen molar-refractivity contribution in [1.82, 2.24) is 4.90 Å². The summed E-state index contributed by atoms with van der Waals surface area (Å²) < 4.78 is 23.7. The highest BCUT2D eigenvalue weighted by atomic mass is 19.1. The lowest BCUT2D eigenvalue weighted by molar-refractivity contribution is -0.131. The van der Waals surface area contributed by atoms with Crippen LogP contribution in [0.25, 0.3) is 16.7 Å². The Morgan fingerprint density at radius 1 is 0.971 bits per heavy atom. The van der Waals surface area contributed by atoms with E-state index in [1.165, 1.54) is 19.2 Å². The van der Waals surface area contributed by atoms with Gasteiger partial charge >= 0.3 is 6.16 Å². The minimum Gasteiger partial charge on any atom is -0.437 e. The van der Waals surface area contributed by atoms with Gasteiger partial charge in [-0.15, -0.1) is 0 Å². The molecule has 7 heteroatoms. The summed E-state index contributed by atoms with van der Waals surface area (Å²) in [6.07, 6.45) is 1.23. The third-order valence-electron chi connectivity index (χ3n) is 7.23. The average molecular weight is 480 g/mol. The molecule has 2 aromatic carbocycles. The van der Waals surface area contributed by atoms with Crippen molar-refractivity contribution in [3.63, 3.8) is 0 Å². The Bertz CT molecular complexity index is 1180. The minimum atomic E-state index is -0.859. The molecule has 0 radical (unpaired) electrons. The smallest absolute Gasteiger partial charge is 0.437 e. The molecule has 2 aliphatic rings. The second kappa shape index (κ2) is 9.64. The average Bonchev–Trinajstić information content (AvgIpc) is 2.80. The van der Waals surface area contributed by atoms with Crippen LogP contribution in [0.5, 0.6) is 0 Å². The van der Waals surface area contributed by atoms with Gasteiger partial charge in [-0.25, -0.2) is 9.18 Å². The lowest BCUT2D eigenvalue weighted by Gasteiger charge is -2.44. The number of allylic oxidation sites excluding steroid dienone is 2. The number of carbonyl (C=O) groups excluding carboxylic acids is 3. The number of ether oxygens (including phenoxy) is 2. The zero-order chi connectivity index (χ0) is 25.3. The highest BCUT2D eigenvalue weighted by molar-refractivity contribution is 6.23. The monoisotopic (exact) mass is 479 g/mol. The number of amides is 1. The van der Waals surface area contributed by atoms with E-state index in [-0.39, 0.29) is 22.9 Å². The van der Waals surface area contributed by atoms with Crippen LogP contribution in [0.1, 0.15) is 49.3 Å². The van der Waals surface area contributed by atoms with Gasteiger partial charge in [0, 0.05) is 32.9 Å². The number of benzene rings is 2. The van der Waals surface area contributed by atoms with Crippen LogP contribution in [0.15, 0.2) is 42.2 Å². The maximum Gasteiger partial charge on any atom is 0.513 e. The highest BCUT2D eigenvalue weighted by Crippen LogP contribution is 2.48. The molecule has 1 amide bonds. The van der Waals surface area contributed by atoms with E-state index < -0.39 is 6.16 Å². The summed E-state index contributed by atoms with van der Waals surface area (Å²) >= 11 is 0. The van der Waals surface area contributed by atoms with Crippen LogP contribution in [-0.4, -0.2) is 42.9 Å². The van der Waals surface area contributed by atoms with Gasteiger partial charge in [-0.05, 0) is 72.1 Å². The Labute approximate surface area is 204 Å². The van der Waals surface area contributed by atoms with Crippen LogP contribution >= 0.6 is 0 Å². The van der Waals surface area contributed by atoms with E-state index >= 15 is 0 Å². The van der Waals surface area contributed by atoms with Crippen LogP contribution in [0.4, 0.5) is 9.18 Å². The molecule has 1 aliphatic heterocycles. The number of hydrogen-bond donors (Lipinski definition) is 0. The summed E-state index contributed by atoms with van der Waals surface area (Å²) in [7, 11) is 1.24. The number of aryl methyl sites for hydroxylation is 2. The Hall–Kier alpha value is -3.48. The molecule has 1 heterocycles. The third kappa shape index (κ3) is 4.99. The number of halogens is 1. The van der Waals surface area contributed by atoms with Gasteiger partial charge in [0.25, 0.3) is 0 Å². The van der Waals surface area contributed by atoms with E-state index in [1.54, 1.807) is 24.0 Å². The molecule has 1 aliphatic carbocycles. The Morgan fingerprint density at radius 3 is 2.11 bits per heavy atom. The number of likely N-dealkylation sites (tertiary alicyclic amines) is 1. The van der Waals surface area contributed by atoms with Crippen LogP contribution in [0.2, 0.25) is 0 Å². The molecule has 35 heavy (non-hydrogen) atoms. The van der Waals surface area contributed by atoms with Crippen molar-refractivity contribution in [1.29, 1.82) is 0 Å². The van der Waals surface area contributed by atoms with E-state index in [0.29, 0.717) is 50.1 Å². The van der Waals surface area contributed by atoms with Gasteiger partial charge in [-0.2, -0.15) is 0 Å². The molecule has 0 atom stereocenters.